The van der Waals surface area contributed by atoms with Crippen molar-refractivity contribution in [1.29, 1.82) is 0 Å². The van der Waals surface area contributed by atoms with Crippen LogP contribution >= 0.6 is 0 Å². The highest BCUT2D eigenvalue weighted by molar-refractivity contribution is 6.06. The van der Waals surface area contributed by atoms with Gasteiger partial charge in [0, 0.05) is 30.6 Å². The summed E-state index contributed by atoms with van der Waals surface area (Å²) in [5.41, 5.74) is 4.02. The van der Waals surface area contributed by atoms with Gasteiger partial charge in [0.05, 0.1) is 18.2 Å². The van der Waals surface area contributed by atoms with Crippen LogP contribution < -0.4 is 10.7 Å². The molecule has 8 nitrogen and oxygen atoms in total. The van der Waals surface area contributed by atoms with E-state index in [-0.39, 0.29) is 11.1 Å². The SMILES string of the molecule is CN1C=CC(c2cc(C(=O)Nc3c(-c4ccccc4)nc4cc(C(O)CO)ccn34)ccc2C(F)(F)F)N1. The van der Waals surface area contributed by atoms with Gasteiger partial charge in [-0.2, -0.15) is 13.2 Å². The Labute approximate surface area is 215 Å². The summed E-state index contributed by atoms with van der Waals surface area (Å²) in [5.74, 6) is -0.310. The monoisotopic (exact) mass is 523 g/mol. The van der Waals surface area contributed by atoms with Crippen LogP contribution in [0.1, 0.15) is 39.2 Å². The third kappa shape index (κ3) is 4.86. The van der Waals surface area contributed by atoms with Crippen molar-refractivity contribution in [2.45, 2.75) is 18.3 Å². The number of benzene rings is 2. The molecule has 0 fully saturated rings. The normalized spacial score (nSPS) is 16.3. The van der Waals surface area contributed by atoms with Gasteiger partial charge in [-0.05, 0) is 47.5 Å². The predicted molar refractivity (Wildman–Crippen MR) is 135 cm³/mol. The van der Waals surface area contributed by atoms with E-state index in [0.717, 1.165) is 12.1 Å². The van der Waals surface area contributed by atoms with E-state index in [0.29, 0.717) is 28.3 Å². The average molecular weight is 524 g/mol. The quantitative estimate of drug-likeness (QED) is 0.301. The molecule has 0 spiro atoms. The maximum atomic E-state index is 13.8. The molecule has 2 unspecified atom stereocenters. The van der Waals surface area contributed by atoms with Crippen LogP contribution in [0, 0.1) is 0 Å². The number of fused-ring (bicyclic) bond motifs is 1. The maximum absolute atomic E-state index is 13.8. The van der Waals surface area contributed by atoms with Crippen molar-refractivity contribution in [3.05, 3.63) is 101 Å². The van der Waals surface area contributed by atoms with Crippen LogP contribution in [0.25, 0.3) is 16.9 Å². The molecule has 0 saturated carbocycles. The molecule has 2 atom stereocenters. The van der Waals surface area contributed by atoms with Gasteiger partial charge in [0.1, 0.15) is 23.3 Å². The lowest BCUT2D eigenvalue weighted by Gasteiger charge is -2.20. The lowest BCUT2D eigenvalue weighted by molar-refractivity contribution is -0.138. The molecule has 5 rings (SSSR count). The van der Waals surface area contributed by atoms with Gasteiger partial charge in [0.15, 0.2) is 0 Å². The second kappa shape index (κ2) is 9.93. The number of anilines is 1. The molecular weight excluding hydrogens is 499 g/mol. The minimum atomic E-state index is -4.60. The fourth-order valence-electron chi connectivity index (χ4n) is 4.38. The molecule has 4 N–H and O–H groups in total. The molecule has 11 heteroatoms. The van der Waals surface area contributed by atoms with Crippen molar-refractivity contribution in [1.82, 2.24) is 19.8 Å². The molecule has 0 aliphatic carbocycles. The third-order valence-corrected chi connectivity index (χ3v) is 6.29. The highest BCUT2D eigenvalue weighted by Crippen LogP contribution is 2.37. The number of carbonyl (C=O) groups excluding carboxylic acids is 1. The van der Waals surface area contributed by atoms with Crippen molar-refractivity contribution in [2.24, 2.45) is 0 Å². The van der Waals surface area contributed by atoms with E-state index in [2.05, 4.69) is 15.7 Å². The summed E-state index contributed by atoms with van der Waals surface area (Å²) in [4.78, 5) is 18.0. The standard InChI is InChI=1S/C27H24F3N5O3/c1-34-11-10-21(33-34)19-13-18(7-8-20(19)27(28,29)30)26(38)32-25-24(16-5-3-2-4-6-16)31-23-14-17(22(37)15-36)9-12-35(23)25/h2-14,21-22,33,36-37H,15H2,1H3,(H,32,38). The Kier molecular flexibility index (Phi) is 6.66. The van der Waals surface area contributed by atoms with Crippen LogP contribution in [-0.4, -0.2) is 44.2 Å². The van der Waals surface area contributed by atoms with Crippen molar-refractivity contribution >= 4 is 17.4 Å². The van der Waals surface area contributed by atoms with Crippen molar-refractivity contribution in [3.8, 4) is 11.3 Å². The first-order valence-electron chi connectivity index (χ1n) is 11.7. The molecule has 4 aromatic rings. The summed E-state index contributed by atoms with van der Waals surface area (Å²) in [6.07, 6.45) is -0.898. The van der Waals surface area contributed by atoms with Crippen molar-refractivity contribution in [2.75, 3.05) is 19.0 Å². The van der Waals surface area contributed by atoms with E-state index in [4.69, 9.17) is 0 Å². The molecule has 0 bridgehead atoms. The smallest absolute Gasteiger partial charge is 0.393 e. The Hall–Kier alpha value is -4.19. The van der Waals surface area contributed by atoms with Crippen molar-refractivity contribution in [3.63, 3.8) is 0 Å². The van der Waals surface area contributed by atoms with Gasteiger partial charge in [0.2, 0.25) is 0 Å². The average Bonchev–Trinajstić information content (AvgIpc) is 3.51. The first-order chi connectivity index (χ1) is 18.2. The molecule has 38 heavy (non-hydrogen) atoms. The third-order valence-electron chi connectivity index (χ3n) is 6.29. The largest absolute Gasteiger partial charge is 0.416 e. The number of aliphatic hydroxyl groups excluding tert-OH is 2. The minimum Gasteiger partial charge on any atom is -0.393 e. The topological polar surface area (TPSA) is 102 Å². The summed E-state index contributed by atoms with van der Waals surface area (Å²) < 4.78 is 42.9. The second-order valence-electron chi connectivity index (χ2n) is 8.87. The number of amides is 1. The highest BCUT2D eigenvalue weighted by atomic mass is 19.4. The van der Waals surface area contributed by atoms with Crippen LogP contribution in [0.3, 0.4) is 0 Å². The first kappa shape index (κ1) is 25.5. The van der Waals surface area contributed by atoms with Gasteiger partial charge in [-0.15, -0.1) is 0 Å². The molecule has 1 amide bonds. The summed E-state index contributed by atoms with van der Waals surface area (Å²) in [5, 5.41) is 23.7. The Morgan fingerprint density at radius 2 is 1.92 bits per heavy atom. The van der Waals surface area contributed by atoms with E-state index >= 15 is 0 Å². The molecular formula is C27H24F3N5O3. The number of hydrogen-bond acceptors (Lipinski definition) is 6. The Balaban J connectivity index is 1.56. The van der Waals surface area contributed by atoms with E-state index in [9.17, 15) is 28.2 Å². The number of hydrogen-bond donors (Lipinski definition) is 4. The Bertz CT molecular complexity index is 1520. The number of nitrogens with zero attached hydrogens (tertiary/aromatic N) is 3. The van der Waals surface area contributed by atoms with Gasteiger partial charge >= 0.3 is 6.18 Å². The molecule has 3 heterocycles. The van der Waals surface area contributed by atoms with Crippen LogP contribution in [-0.2, 0) is 6.18 Å². The Morgan fingerprint density at radius 3 is 2.58 bits per heavy atom. The van der Waals surface area contributed by atoms with E-state index in [1.165, 1.54) is 6.07 Å². The zero-order valence-electron chi connectivity index (χ0n) is 20.1. The van der Waals surface area contributed by atoms with Crippen LogP contribution in [0.4, 0.5) is 19.0 Å². The molecule has 1 aliphatic heterocycles. The fraction of sp³-hybridized carbons (Fsp3) is 0.185. The maximum Gasteiger partial charge on any atom is 0.416 e. The van der Waals surface area contributed by atoms with Gasteiger partial charge in [-0.1, -0.05) is 30.3 Å². The number of hydrazine groups is 1. The van der Waals surface area contributed by atoms with Crippen molar-refractivity contribution < 1.29 is 28.2 Å². The molecule has 196 valence electrons. The minimum absolute atomic E-state index is 0.0408. The molecule has 0 saturated heterocycles. The van der Waals surface area contributed by atoms with Gasteiger partial charge in [0.25, 0.3) is 5.91 Å². The van der Waals surface area contributed by atoms with Crippen LogP contribution in [0.15, 0.2) is 79.1 Å². The lowest BCUT2D eigenvalue weighted by atomic mass is 9.97. The van der Waals surface area contributed by atoms with Crippen LogP contribution in [0.2, 0.25) is 0 Å². The lowest BCUT2D eigenvalue weighted by Crippen LogP contribution is -2.28. The number of pyridine rings is 1. The number of rotatable bonds is 6. The summed E-state index contributed by atoms with van der Waals surface area (Å²) in [6.45, 7) is -0.469. The van der Waals surface area contributed by atoms with Gasteiger partial charge in [-0.3, -0.25) is 9.20 Å². The Morgan fingerprint density at radius 1 is 1.16 bits per heavy atom. The summed E-state index contributed by atoms with van der Waals surface area (Å²) >= 11 is 0. The van der Waals surface area contributed by atoms with Gasteiger partial charge < -0.3 is 20.5 Å². The number of carbonyl (C=O) groups is 1. The molecule has 1 aliphatic rings. The molecule has 2 aromatic heterocycles. The first-order valence-corrected chi connectivity index (χ1v) is 11.7. The van der Waals surface area contributed by atoms with E-state index in [1.54, 1.807) is 47.1 Å². The highest BCUT2D eigenvalue weighted by Gasteiger charge is 2.36. The summed E-state index contributed by atoms with van der Waals surface area (Å²) in [7, 11) is 1.67. The van der Waals surface area contributed by atoms with Crippen LogP contribution in [0.5, 0.6) is 0 Å². The number of nitrogens with one attached hydrogen (secondary N) is 2. The van der Waals surface area contributed by atoms with E-state index in [1.807, 2.05) is 30.3 Å². The molecule has 2 aromatic carbocycles. The number of alkyl halides is 3. The number of aliphatic hydroxyl groups is 2. The van der Waals surface area contributed by atoms with E-state index < -0.39 is 36.4 Å². The predicted octanol–water partition coefficient (Wildman–Crippen LogP) is 4.30. The number of aromatic nitrogens is 2. The zero-order valence-corrected chi connectivity index (χ0v) is 20.1. The fourth-order valence-corrected chi connectivity index (χ4v) is 4.38. The summed E-state index contributed by atoms with van der Waals surface area (Å²) in [6, 6.07) is 14.8. The number of imidazole rings is 1. The number of halogens is 3. The molecule has 0 radical (unpaired) electrons. The second-order valence-corrected chi connectivity index (χ2v) is 8.87. The van der Waals surface area contributed by atoms with Gasteiger partial charge in [-0.25, -0.2) is 10.4 Å². The zero-order chi connectivity index (χ0) is 27.0.